The smallest absolute Gasteiger partial charge is 0.330 e. The van der Waals surface area contributed by atoms with E-state index in [4.69, 9.17) is 9.47 Å². The number of ether oxygens (including phenoxy) is 2. The lowest BCUT2D eigenvalue weighted by Crippen LogP contribution is -2.56. The Morgan fingerprint density at radius 1 is 1.48 bits per heavy atom. The molecule has 3 rings (SSSR count). The van der Waals surface area contributed by atoms with E-state index in [9.17, 15) is 24.9 Å². The molecule has 9 heteroatoms. The molecule has 116 valence electrons. The summed E-state index contributed by atoms with van der Waals surface area (Å²) >= 11 is 0. The molecule has 1 aromatic heterocycles. The number of aliphatic hydroxyl groups excluding tert-OH is 1. The van der Waals surface area contributed by atoms with Crippen LogP contribution in [0.4, 0.5) is 0 Å². The zero-order chi connectivity index (χ0) is 15.4. The lowest BCUT2D eigenvalue weighted by molar-refractivity contribution is -0.269. The number of aryl methyl sites for hydroxylation is 1. The van der Waals surface area contributed by atoms with Crippen molar-refractivity contribution in [2.45, 2.75) is 37.1 Å². The fourth-order valence-corrected chi connectivity index (χ4v) is 2.91. The van der Waals surface area contributed by atoms with Crippen LogP contribution in [-0.4, -0.2) is 55.6 Å². The Morgan fingerprint density at radius 2 is 2.19 bits per heavy atom. The number of aromatic amines is 1. The maximum absolute atomic E-state index is 11.9. The predicted molar refractivity (Wildman–Crippen MR) is 67.5 cm³/mol. The SMILES string of the molecule is Cc1cn([C@@H]2O[C@H](CO)[C@]3(O)CCO[C@]23O)c(=O)[nH]c1=O. The van der Waals surface area contributed by atoms with Gasteiger partial charge in [0.2, 0.25) is 5.79 Å². The molecule has 2 fully saturated rings. The molecule has 0 aromatic carbocycles. The third-order valence-corrected chi connectivity index (χ3v) is 4.15. The van der Waals surface area contributed by atoms with Crippen LogP contribution in [0.1, 0.15) is 18.2 Å². The zero-order valence-corrected chi connectivity index (χ0v) is 11.3. The highest BCUT2D eigenvalue weighted by molar-refractivity contribution is 5.12. The molecule has 9 nitrogen and oxygen atoms in total. The molecule has 0 bridgehead atoms. The Morgan fingerprint density at radius 3 is 2.86 bits per heavy atom. The molecule has 0 unspecified atom stereocenters. The Balaban J connectivity index is 2.14. The second kappa shape index (κ2) is 4.49. The molecule has 2 aliphatic heterocycles. The average molecular weight is 300 g/mol. The van der Waals surface area contributed by atoms with Gasteiger partial charge in [-0.15, -0.1) is 0 Å². The molecule has 0 saturated carbocycles. The lowest BCUT2D eigenvalue weighted by Gasteiger charge is -2.32. The number of nitrogens with one attached hydrogen (secondary N) is 1. The first-order valence-corrected chi connectivity index (χ1v) is 6.50. The summed E-state index contributed by atoms with van der Waals surface area (Å²) in [5.74, 6) is -2.17. The minimum absolute atomic E-state index is 0.0560. The van der Waals surface area contributed by atoms with Crippen LogP contribution in [-0.2, 0) is 9.47 Å². The van der Waals surface area contributed by atoms with Crippen molar-refractivity contribution in [3.63, 3.8) is 0 Å². The highest BCUT2D eigenvalue weighted by Gasteiger charge is 2.70. The van der Waals surface area contributed by atoms with E-state index in [2.05, 4.69) is 4.98 Å². The van der Waals surface area contributed by atoms with Crippen LogP contribution in [0.15, 0.2) is 15.8 Å². The average Bonchev–Trinajstić information content (AvgIpc) is 2.83. The van der Waals surface area contributed by atoms with Crippen LogP contribution in [0.25, 0.3) is 0 Å². The van der Waals surface area contributed by atoms with Crippen molar-refractivity contribution in [2.75, 3.05) is 13.2 Å². The quantitative estimate of drug-likeness (QED) is 0.477. The highest BCUT2D eigenvalue weighted by Crippen LogP contribution is 2.51. The third-order valence-electron chi connectivity index (χ3n) is 4.15. The number of aliphatic hydroxyl groups is 3. The van der Waals surface area contributed by atoms with Crippen molar-refractivity contribution >= 4 is 0 Å². The predicted octanol–water partition coefficient (Wildman–Crippen LogP) is -2.43. The summed E-state index contributed by atoms with van der Waals surface area (Å²) in [4.78, 5) is 25.4. The molecule has 2 saturated heterocycles. The van der Waals surface area contributed by atoms with E-state index in [0.717, 1.165) is 4.57 Å². The third kappa shape index (κ3) is 1.75. The number of aromatic nitrogens is 2. The summed E-state index contributed by atoms with van der Waals surface area (Å²) < 4.78 is 11.6. The zero-order valence-electron chi connectivity index (χ0n) is 11.3. The summed E-state index contributed by atoms with van der Waals surface area (Å²) in [6.07, 6.45) is -1.20. The molecular formula is C12H16N2O7. The van der Waals surface area contributed by atoms with Crippen LogP contribution in [0.3, 0.4) is 0 Å². The molecule has 1 aromatic rings. The highest BCUT2D eigenvalue weighted by atomic mass is 16.7. The van der Waals surface area contributed by atoms with Crippen molar-refractivity contribution in [1.82, 2.24) is 9.55 Å². The van der Waals surface area contributed by atoms with Crippen LogP contribution in [0.2, 0.25) is 0 Å². The first-order valence-electron chi connectivity index (χ1n) is 6.50. The van der Waals surface area contributed by atoms with Gasteiger partial charge in [0.1, 0.15) is 6.10 Å². The van der Waals surface area contributed by atoms with Gasteiger partial charge in [-0.05, 0) is 6.92 Å². The van der Waals surface area contributed by atoms with Crippen LogP contribution in [0.5, 0.6) is 0 Å². The Bertz CT molecular complexity index is 683. The molecule has 0 amide bonds. The second-order valence-corrected chi connectivity index (χ2v) is 5.36. The largest absolute Gasteiger partial charge is 0.394 e. The topological polar surface area (TPSA) is 134 Å². The summed E-state index contributed by atoms with van der Waals surface area (Å²) in [6.45, 7) is 0.995. The lowest BCUT2D eigenvalue weighted by atomic mass is 9.88. The summed E-state index contributed by atoms with van der Waals surface area (Å²) in [6, 6.07) is 0. The van der Waals surface area contributed by atoms with Crippen molar-refractivity contribution < 1.29 is 24.8 Å². The van der Waals surface area contributed by atoms with E-state index in [-0.39, 0.29) is 18.6 Å². The standard InChI is InChI=1S/C12H16N2O7/c1-6-4-14(10(17)13-8(6)16)9-12(19)11(18,2-3-20-12)7(5-15)21-9/h4,7,9,15,18-19H,2-3,5H2,1H3,(H,13,16,17)/t7-,9-,11-,12-/m1/s1. The van der Waals surface area contributed by atoms with Gasteiger partial charge in [0.25, 0.3) is 5.56 Å². The number of H-pyrrole nitrogens is 1. The molecule has 3 heterocycles. The minimum atomic E-state index is -2.17. The fraction of sp³-hybridized carbons (Fsp3) is 0.667. The van der Waals surface area contributed by atoms with Gasteiger partial charge in [-0.2, -0.15) is 0 Å². The monoisotopic (exact) mass is 300 g/mol. The van der Waals surface area contributed by atoms with Gasteiger partial charge in [-0.3, -0.25) is 14.3 Å². The fourth-order valence-electron chi connectivity index (χ4n) is 2.91. The van der Waals surface area contributed by atoms with Gasteiger partial charge in [0.15, 0.2) is 11.8 Å². The van der Waals surface area contributed by atoms with Crippen molar-refractivity contribution in [1.29, 1.82) is 0 Å². The number of hydrogen-bond acceptors (Lipinski definition) is 7. The van der Waals surface area contributed by atoms with E-state index < -0.39 is 41.6 Å². The Labute approximate surface area is 118 Å². The number of rotatable bonds is 2. The van der Waals surface area contributed by atoms with Crippen LogP contribution < -0.4 is 11.2 Å². The maximum atomic E-state index is 11.9. The molecular weight excluding hydrogens is 284 g/mol. The van der Waals surface area contributed by atoms with E-state index in [1.165, 1.54) is 13.1 Å². The molecule has 0 aliphatic carbocycles. The van der Waals surface area contributed by atoms with Gasteiger partial charge >= 0.3 is 5.69 Å². The van der Waals surface area contributed by atoms with Crippen LogP contribution in [0, 0.1) is 6.92 Å². The summed E-state index contributed by atoms with van der Waals surface area (Å²) in [5.41, 5.74) is -2.95. The second-order valence-electron chi connectivity index (χ2n) is 5.36. The summed E-state index contributed by atoms with van der Waals surface area (Å²) in [5, 5.41) is 30.5. The first-order chi connectivity index (χ1) is 9.83. The number of hydrogen-bond donors (Lipinski definition) is 4. The maximum Gasteiger partial charge on any atom is 0.330 e. The molecule has 0 spiro atoms. The number of fused-ring (bicyclic) bond motifs is 1. The molecule has 4 N–H and O–H groups in total. The van der Waals surface area contributed by atoms with Crippen molar-refractivity contribution in [3.8, 4) is 0 Å². The normalized spacial score (nSPS) is 38.7. The van der Waals surface area contributed by atoms with Crippen molar-refractivity contribution in [3.05, 3.63) is 32.6 Å². The van der Waals surface area contributed by atoms with Crippen LogP contribution >= 0.6 is 0 Å². The molecule has 2 aliphatic rings. The number of nitrogens with zero attached hydrogens (tertiary/aromatic N) is 1. The van der Waals surface area contributed by atoms with Gasteiger partial charge in [-0.1, -0.05) is 0 Å². The van der Waals surface area contributed by atoms with Crippen molar-refractivity contribution in [2.24, 2.45) is 0 Å². The van der Waals surface area contributed by atoms with Gasteiger partial charge in [-0.25, -0.2) is 4.79 Å². The first kappa shape index (κ1) is 14.4. The van der Waals surface area contributed by atoms with E-state index in [1.54, 1.807) is 0 Å². The Kier molecular flexibility index (Phi) is 3.08. The minimum Gasteiger partial charge on any atom is -0.394 e. The van der Waals surface area contributed by atoms with E-state index in [0.29, 0.717) is 0 Å². The van der Waals surface area contributed by atoms with E-state index in [1.807, 2.05) is 0 Å². The molecule has 4 atom stereocenters. The van der Waals surface area contributed by atoms with Gasteiger partial charge in [0.05, 0.1) is 13.2 Å². The molecule has 21 heavy (non-hydrogen) atoms. The van der Waals surface area contributed by atoms with E-state index >= 15 is 0 Å². The molecule has 0 radical (unpaired) electrons. The Hall–Kier alpha value is -1.52. The van der Waals surface area contributed by atoms with Gasteiger partial charge < -0.3 is 24.8 Å². The van der Waals surface area contributed by atoms with Gasteiger partial charge in [0, 0.05) is 18.2 Å². The summed E-state index contributed by atoms with van der Waals surface area (Å²) in [7, 11) is 0.